The smallest absolute Gasteiger partial charge is 0.0622 e. The van der Waals surface area contributed by atoms with Crippen LogP contribution < -0.4 is 0 Å². The molecular weight excluding hydrogens is 224 g/mol. The van der Waals surface area contributed by atoms with Crippen LogP contribution in [0.4, 0.5) is 0 Å². The van der Waals surface area contributed by atoms with E-state index in [2.05, 4.69) is 34.1 Å². The van der Waals surface area contributed by atoms with Gasteiger partial charge in [0.25, 0.3) is 0 Å². The maximum atomic E-state index is 9.14. The summed E-state index contributed by atoms with van der Waals surface area (Å²) < 4.78 is 0. The quantitative estimate of drug-likeness (QED) is 0.873. The van der Waals surface area contributed by atoms with Gasteiger partial charge < -0.3 is 5.11 Å². The summed E-state index contributed by atoms with van der Waals surface area (Å²) in [6, 6.07) is 11.1. The lowest BCUT2D eigenvalue weighted by Gasteiger charge is -2.21. The zero-order valence-corrected chi connectivity index (χ0v) is 10.4. The van der Waals surface area contributed by atoms with Gasteiger partial charge in [0.05, 0.1) is 12.3 Å². The third kappa shape index (κ3) is 2.37. The molecule has 0 atom stereocenters. The number of aliphatic hydroxyl groups excluding tert-OH is 1. The molecule has 0 bridgehead atoms. The third-order valence-electron chi connectivity index (χ3n) is 3.56. The summed E-state index contributed by atoms with van der Waals surface area (Å²) in [5.74, 6) is 0. The van der Waals surface area contributed by atoms with Crippen molar-refractivity contribution >= 4 is 10.8 Å². The van der Waals surface area contributed by atoms with E-state index in [-0.39, 0.29) is 6.61 Å². The van der Waals surface area contributed by atoms with Gasteiger partial charge in [-0.05, 0) is 24.3 Å². The van der Waals surface area contributed by atoms with Gasteiger partial charge in [0.2, 0.25) is 0 Å². The summed E-state index contributed by atoms with van der Waals surface area (Å²) in [6.45, 7) is 1.81. The molecule has 1 aliphatic rings. The molecule has 0 aliphatic heterocycles. The predicted molar refractivity (Wildman–Crippen MR) is 72.3 cm³/mol. The summed E-state index contributed by atoms with van der Waals surface area (Å²) in [4.78, 5) is 6.86. The first-order valence-electron chi connectivity index (χ1n) is 6.56. The second-order valence-corrected chi connectivity index (χ2v) is 4.90. The lowest BCUT2D eigenvalue weighted by Crippen LogP contribution is -2.29. The molecule has 0 amide bonds. The summed E-state index contributed by atoms with van der Waals surface area (Å²) >= 11 is 0. The lowest BCUT2D eigenvalue weighted by atomic mass is 10.1. The normalized spacial score (nSPS) is 15.4. The van der Waals surface area contributed by atoms with E-state index in [0.29, 0.717) is 6.04 Å². The average molecular weight is 242 g/mol. The highest BCUT2D eigenvalue weighted by Gasteiger charge is 2.28. The minimum Gasteiger partial charge on any atom is -0.395 e. The third-order valence-corrected chi connectivity index (χ3v) is 3.56. The molecular formula is C15H18N2O. The van der Waals surface area contributed by atoms with Crippen LogP contribution in [-0.4, -0.2) is 34.2 Å². The maximum Gasteiger partial charge on any atom is 0.0622 e. The topological polar surface area (TPSA) is 36.4 Å². The van der Waals surface area contributed by atoms with Crippen molar-refractivity contribution < 1.29 is 5.11 Å². The van der Waals surface area contributed by atoms with Crippen LogP contribution in [-0.2, 0) is 6.54 Å². The standard InChI is InChI=1S/C15H18N2O/c18-10-9-17(13-5-6-13)11-15-14-4-2-1-3-12(14)7-8-16-15/h1-4,7-8,13,18H,5-6,9-11H2. The van der Waals surface area contributed by atoms with E-state index in [4.69, 9.17) is 5.11 Å². The van der Waals surface area contributed by atoms with Gasteiger partial charge in [-0.1, -0.05) is 24.3 Å². The summed E-state index contributed by atoms with van der Waals surface area (Å²) in [5.41, 5.74) is 1.12. The van der Waals surface area contributed by atoms with E-state index < -0.39 is 0 Å². The Hall–Kier alpha value is -1.45. The van der Waals surface area contributed by atoms with E-state index in [0.717, 1.165) is 18.8 Å². The number of nitrogens with zero attached hydrogens (tertiary/aromatic N) is 2. The highest BCUT2D eigenvalue weighted by atomic mass is 16.3. The number of pyridine rings is 1. The van der Waals surface area contributed by atoms with Gasteiger partial charge in [-0.3, -0.25) is 9.88 Å². The Balaban J connectivity index is 1.88. The van der Waals surface area contributed by atoms with Crippen molar-refractivity contribution in [3.05, 3.63) is 42.2 Å². The highest BCUT2D eigenvalue weighted by Crippen LogP contribution is 2.28. The van der Waals surface area contributed by atoms with Gasteiger partial charge >= 0.3 is 0 Å². The highest BCUT2D eigenvalue weighted by molar-refractivity contribution is 5.84. The molecule has 0 radical (unpaired) electrons. The number of aliphatic hydroxyl groups is 1. The molecule has 1 fully saturated rings. The molecule has 3 nitrogen and oxygen atoms in total. The van der Waals surface area contributed by atoms with E-state index in [1.54, 1.807) is 0 Å². The molecule has 0 unspecified atom stereocenters. The van der Waals surface area contributed by atoms with Crippen molar-refractivity contribution in [2.24, 2.45) is 0 Å². The first kappa shape index (κ1) is 11.6. The fraction of sp³-hybridized carbons (Fsp3) is 0.400. The fourth-order valence-electron chi connectivity index (χ4n) is 2.46. The first-order chi connectivity index (χ1) is 8.88. The average Bonchev–Trinajstić information content (AvgIpc) is 3.23. The summed E-state index contributed by atoms with van der Waals surface area (Å²) in [5, 5.41) is 11.6. The molecule has 1 N–H and O–H groups in total. The van der Waals surface area contributed by atoms with Crippen molar-refractivity contribution in [2.45, 2.75) is 25.4 Å². The second kappa shape index (κ2) is 5.04. The minimum absolute atomic E-state index is 0.223. The number of fused-ring (bicyclic) bond motifs is 1. The molecule has 3 rings (SSSR count). The van der Waals surface area contributed by atoms with Gasteiger partial charge in [-0.25, -0.2) is 0 Å². The first-order valence-corrected chi connectivity index (χ1v) is 6.56. The van der Waals surface area contributed by atoms with Gasteiger partial charge in [0.15, 0.2) is 0 Å². The van der Waals surface area contributed by atoms with Crippen molar-refractivity contribution in [3.63, 3.8) is 0 Å². The van der Waals surface area contributed by atoms with Crippen LogP contribution in [0.5, 0.6) is 0 Å². The van der Waals surface area contributed by atoms with Crippen molar-refractivity contribution in [1.82, 2.24) is 9.88 Å². The Labute approximate surface area is 107 Å². The zero-order chi connectivity index (χ0) is 12.4. The van der Waals surface area contributed by atoms with Crippen molar-refractivity contribution in [2.75, 3.05) is 13.2 Å². The molecule has 1 aromatic heterocycles. The van der Waals surface area contributed by atoms with Gasteiger partial charge in [0.1, 0.15) is 0 Å². The minimum atomic E-state index is 0.223. The van der Waals surface area contributed by atoms with Crippen LogP contribution in [0.15, 0.2) is 36.5 Å². The molecule has 0 spiro atoms. The Morgan fingerprint density at radius 2 is 2.06 bits per heavy atom. The Bertz CT molecular complexity index is 532. The zero-order valence-electron chi connectivity index (χ0n) is 10.4. The van der Waals surface area contributed by atoms with E-state index in [1.165, 1.54) is 23.6 Å². The molecule has 1 aromatic carbocycles. The predicted octanol–water partition coefficient (Wildman–Crippen LogP) is 2.19. The Morgan fingerprint density at radius 3 is 2.83 bits per heavy atom. The van der Waals surface area contributed by atoms with Gasteiger partial charge in [-0.2, -0.15) is 0 Å². The molecule has 0 saturated heterocycles. The van der Waals surface area contributed by atoms with Crippen molar-refractivity contribution in [3.8, 4) is 0 Å². The molecule has 94 valence electrons. The molecule has 2 aromatic rings. The van der Waals surface area contributed by atoms with Crippen LogP contribution in [0, 0.1) is 0 Å². The maximum absolute atomic E-state index is 9.14. The van der Waals surface area contributed by atoms with Crippen molar-refractivity contribution in [1.29, 1.82) is 0 Å². The van der Waals surface area contributed by atoms with E-state index >= 15 is 0 Å². The van der Waals surface area contributed by atoms with Crippen LogP contribution >= 0.6 is 0 Å². The molecule has 3 heteroatoms. The Morgan fingerprint density at radius 1 is 1.22 bits per heavy atom. The van der Waals surface area contributed by atoms with Crippen LogP contribution in [0.1, 0.15) is 18.5 Å². The number of aromatic nitrogens is 1. The Kier molecular flexibility index (Phi) is 3.26. The summed E-state index contributed by atoms with van der Waals surface area (Å²) in [6.07, 6.45) is 4.39. The fourth-order valence-corrected chi connectivity index (χ4v) is 2.46. The monoisotopic (exact) mass is 242 g/mol. The summed E-state index contributed by atoms with van der Waals surface area (Å²) in [7, 11) is 0. The van der Waals surface area contributed by atoms with E-state index in [9.17, 15) is 0 Å². The molecule has 1 aliphatic carbocycles. The largest absolute Gasteiger partial charge is 0.395 e. The van der Waals surface area contributed by atoms with Crippen LogP contribution in [0.3, 0.4) is 0 Å². The molecule has 18 heavy (non-hydrogen) atoms. The number of hydrogen-bond acceptors (Lipinski definition) is 3. The van der Waals surface area contributed by atoms with Gasteiger partial charge in [-0.15, -0.1) is 0 Å². The number of benzene rings is 1. The second-order valence-electron chi connectivity index (χ2n) is 4.90. The lowest BCUT2D eigenvalue weighted by molar-refractivity contribution is 0.182. The van der Waals surface area contributed by atoms with Crippen LogP contribution in [0.25, 0.3) is 10.8 Å². The SMILES string of the molecule is OCCN(Cc1nccc2ccccc12)C1CC1. The van der Waals surface area contributed by atoms with Gasteiger partial charge in [0, 0.05) is 30.7 Å². The number of rotatable bonds is 5. The molecule has 1 heterocycles. The molecule has 1 saturated carbocycles. The number of hydrogen-bond donors (Lipinski definition) is 1. The van der Waals surface area contributed by atoms with E-state index in [1.807, 2.05) is 12.3 Å². The van der Waals surface area contributed by atoms with Crippen LogP contribution in [0.2, 0.25) is 0 Å².